The summed E-state index contributed by atoms with van der Waals surface area (Å²) in [5, 5.41) is 9.72. The maximum absolute atomic E-state index is 13.0. The van der Waals surface area contributed by atoms with Crippen molar-refractivity contribution in [1.82, 2.24) is 0 Å². The molecule has 0 fully saturated rings. The van der Waals surface area contributed by atoms with Gasteiger partial charge in [-0.15, -0.1) is 0 Å². The number of carbonyl (C=O) groups excluding carboxylic acids is 2. The fourth-order valence-corrected chi connectivity index (χ4v) is 3.58. The van der Waals surface area contributed by atoms with Crippen molar-refractivity contribution in [3.05, 3.63) is 46.5 Å². The molecule has 1 aliphatic heterocycles. The van der Waals surface area contributed by atoms with E-state index in [1.54, 1.807) is 24.3 Å². The molecule has 7 heteroatoms. The Labute approximate surface area is 175 Å². The van der Waals surface area contributed by atoms with Crippen LogP contribution in [0.15, 0.2) is 24.3 Å². The van der Waals surface area contributed by atoms with E-state index in [-0.39, 0.29) is 41.1 Å². The summed E-state index contributed by atoms with van der Waals surface area (Å²) in [5.74, 6) is 0.144. The van der Waals surface area contributed by atoms with Crippen molar-refractivity contribution < 1.29 is 33.6 Å². The highest BCUT2D eigenvalue weighted by Gasteiger charge is 2.32. The van der Waals surface area contributed by atoms with Gasteiger partial charge in [-0.3, -0.25) is 4.79 Å². The molecule has 0 saturated heterocycles. The molecule has 2 aromatic rings. The second-order valence-electron chi connectivity index (χ2n) is 7.69. The highest BCUT2D eigenvalue weighted by Crippen LogP contribution is 2.46. The molecule has 0 aromatic heterocycles. The van der Waals surface area contributed by atoms with Crippen LogP contribution in [0.2, 0.25) is 0 Å². The average Bonchev–Trinajstić information content (AvgIpc) is 2.81. The number of ether oxygens (including phenoxy) is 4. The normalized spacial score (nSPS) is 13.5. The first-order chi connectivity index (χ1) is 14.2. The molecule has 0 bridgehead atoms. The number of aliphatic hydroxyl groups is 1. The van der Waals surface area contributed by atoms with Gasteiger partial charge in [0, 0.05) is 18.1 Å². The topological polar surface area (TPSA) is 91.3 Å². The number of rotatable bonds is 6. The lowest BCUT2D eigenvalue weighted by atomic mass is 9.96. The Morgan fingerprint density at radius 3 is 2.50 bits per heavy atom. The van der Waals surface area contributed by atoms with Gasteiger partial charge in [0.1, 0.15) is 23.2 Å². The van der Waals surface area contributed by atoms with Gasteiger partial charge in [-0.2, -0.15) is 0 Å². The van der Waals surface area contributed by atoms with E-state index in [1.807, 2.05) is 20.8 Å². The Morgan fingerprint density at radius 1 is 1.17 bits per heavy atom. The van der Waals surface area contributed by atoms with Crippen LogP contribution in [0.1, 0.15) is 60.3 Å². The zero-order chi connectivity index (χ0) is 22.0. The average molecular weight is 414 g/mol. The van der Waals surface area contributed by atoms with Crippen LogP contribution in [0.3, 0.4) is 0 Å². The van der Waals surface area contributed by atoms with E-state index in [9.17, 15) is 14.7 Å². The maximum Gasteiger partial charge on any atom is 0.351 e. The Kier molecular flexibility index (Phi) is 6.31. The van der Waals surface area contributed by atoms with Crippen LogP contribution in [0.5, 0.6) is 23.0 Å². The molecule has 7 nitrogen and oxygen atoms in total. The zero-order valence-corrected chi connectivity index (χ0v) is 17.8. The van der Waals surface area contributed by atoms with E-state index in [4.69, 9.17) is 18.9 Å². The number of benzene rings is 2. The quantitative estimate of drug-likeness (QED) is 0.551. The van der Waals surface area contributed by atoms with Gasteiger partial charge in [0.25, 0.3) is 0 Å². The maximum atomic E-state index is 13.0. The molecule has 30 heavy (non-hydrogen) atoms. The summed E-state index contributed by atoms with van der Waals surface area (Å²) in [6.07, 6.45) is -0.0324. The molecule has 2 aromatic carbocycles. The predicted octanol–water partition coefficient (Wildman–Crippen LogP) is 4.47. The number of methoxy groups -OCH3 is 1. The summed E-state index contributed by atoms with van der Waals surface area (Å²) in [7, 11) is 1.44. The van der Waals surface area contributed by atoms with Gasteiger partial charge < -0.3 is 24.1 Å². The molecule has 0 radical (unpaired) electrons. The van der Waals surface area contributed by atoms with Crippen molar-refractivity contribution >= 4 is 11.9 Å². The van der Waals surface area contributed by atoms with Crippen LogP contribution < -0.4 is 14.2 Å². The van der Waals surface area contributed by atoms with Gasteiger partial charge in [0.05, 0.1) is 13.7 Å². The van der Waals surface area contributed by atoms with Crippen LogP contribution >= 0.6 is 0 Å². The van der Waals surface area contributed by atoms with Crippen molar-refractivity contribution in [2.45, 2.75) is 46.8 Å². The van der Waals surface area contributed by atoms with E-state index >= 15 is 0 Å². The first-order valence-electron chi connectivity index (χ1n) is 9.77. The van der Waals surface area contributed by atoms with Crippen molar-refractivity contribution in [3.63, 3.8) is 0 Å². The lowest BCUT2D eigenvalue weighted by Gasteiger charge is -2.23. The highest BCUT2D eigenvalue weighted by molar-refractivity contribution is 5.99. The van der Waals surface area contributed by atoms with Crippen LogP contribution in [0.4, 0.5) is 0 Å². The van der Waals surface area contributed by atoms with Crippen LogP contribution in [-0.4, -0.2) is 24.2 Å². The number of aliphatic hydroxyl groups excluding tert-OH is 1. The standard InChI is InChI=1S/C23H26O7/c1-12(2)8-18(28-14(4)25)16-6-7-17-20(22(16)27-5)23(26)30-19-10-13(3)9-15(11-24)21(19)29-17/h6-7,9-10,12,18,24H,8,11H2,1-5H3/t18-/m0/s1. The molecule has 0 spiro atoms. The van der Waals surface area contributed by atoms with E-state index in [0.29, 0.717) is 17.5 Å². The third-order valence-corrected chi connectivity index (χ3v) is 4.76. The molecular weight excluding hydrogens is 388 g/mol. The van der Waals surface area contributed by atoms with Gasteiger partial charge in [0.2, 0.25) is 0 Å². The first-order valence-corrected chi connectivity index (χ1v) is 9.77. The van der Waals surface area contributed by atoms with Crippen LogP contribution in [-0.2, 0) is 16.1 Å². The number of hydrogen-bond donors (Lipinski definition) is 1. The van der Waals surface area contributed by atoms with E-state index in [0.717, 1.165) is 5.56 Å². The molecule has 0 amide bonds. The second-order valence-corrected chi connectivity index (χ2v) is 7.69. The largest absolute Gasteiger partial charge is 0.495 e. The fourth-order valence-electron chi connectivity index (χ4n) is 3.58. The lowest BCUT2D eigenvalue weighted by molar-refractivity contribution is -0.147. The van der Waals surface area contributed by atoms with E-state index in [1.165, 1.54) is 14.0 Å². The minimum absolute atomic E-state index is 0.105. The summed E-state index contributed by atoms with van der Waals surface area (Å²) in [6.45, 7) is 6.93. The molecule has 0 saturated carbocycles. The summed E-state index contributed by atoms with van der Waals surface area (Å²) in [4.78, 5) is 24.7. The summed E-state index contributed by atoms with van der Waals surface area (Å²) in [6, 6.07) is 6.79. The number of hydrogen-bond acceptors (Lipinski definition) is 7. The Bertz CT molecular complexity index is 978. The van der Waals surface area contributed by atoms with Crippen molar-refractivity contribution in [1.29, 1.82) is 0 Å². The number of fused-ring (bicyclic) bond motifs is 2. The van der Waals surface area contributed by atoms with Gasteiger partial charge in [-0.05, 0) is 49.1 Å². The molecule has 1 N–H and O–H groups in total. The second kappa shape index (κ2) is 8.75. The molecular formula is C23H26O7. The molecule has 3 rings (SSSR count). The van der Waals surface area contributed by atoms with Crippen LogP contribution in [0, 0.1) is 12.8 Å². The molecule has 1 heterocycles. The van der Waals surface area contributed by atoms with Gasteiger partial charge >= 0.3 is 11.9 Å². The Balaban J connectivity index is 2.15. The third kappa shape index (κ3) is 4.26. The smallest absolute Gasteiger partial charge is 0.351 e. The number of aryl methyl sites for hydroxylation is 1. The summed E-state index contributed by atoms with van der Waals surface area (Å²) in [5.41, 5.74) is 1.99. The molecule has 0 aliphatic carbocycles. The van der Waals surface area contributed by atoms with Gasteiger partial charge in [0.15, 0.2) is 11.5 Å². The van der Waals surface area contributed by atoms with Crippen LogP contribution in [0.25, 0.3) is 0 Å². The van der Waals surface area contributed by atoms with Gasteiger partial charge in [-0.1, -0.05) is 13.8 Å². The Hall–Kier alpha value is -3.06. The predicted molar refractivity (Wildman–Crippen MR) is 109 cm³/mol. The highest BCUT2D eigenvalue weighted by atomic mass is 16.6. The number of esters is 2. The molecule has 0 unspecified atom stereocenters. The summed E-state index contributed by atoms with van der Waals surface area (Å²) >= 11 is 0. The monoisotopic (exact) mass is 414 g/mol. The SMILES string of the molecule is COc1c([C@H](CC(C)C)OC(C)=O)ccc2c1C(=O)Oc1cc(C)cc(CO)c1O2. The van der Waals surface area contributed by atoms with Gasteiger partial charge in [-0.25, -0.2) is 4.79 Å². The van der Waals surface area contributed by atoms with Crippen molar-refractivity contribution in [2.24, 2.45) is 5.92 Å². The van der Waals surface area contributed by atoms with E-state index in [2.05, 4.69) is 0 Å². The summed E-state index contributed by atoms with van der Waals surface area (Å²) < 4.78 is 22.7. The molecule has 1 aliphatic rings. The Morgan fingerprint density at radius 2 is 1.90 bits per heavy atom. The molecule has 160 valence electrons. The third-order valence-electron chi connectivity index (χ3n) is 4.76. The minimum Gasteiger partial charge on any atom is -0.495 e. The van der Waals surface area contributed by atoms with Crippen molar-refractivity contribution in [3.8, 4) is 23.0 Å². The zero-order valence-electron chi connectivity index (χ0n) is 17.8. The van der Waals surface area contributed by atoms with E-state index < -0.39 is 18.0 Å². The first kappa shape index (κ1) is 21.6. The molecule has 1 atom stereocenters. The lowest BCUT2D eigenvalue weighted by Crippen LogP contribution is -2.15. The van der Waals surface area contributed by atoms with Crippen molar-refractivity contribution in [2.75, 3.05) is 7.11 Å². The minimum atomic E-state index is -0.650. The number of carbonyl (C=O) groups is 2. The fraction of sp³-hybridized carbons (Fsp3) is 0.391.